The fraction of sp³-hybridized carbons (Fsp3) is 0.625. The van der Waals surface area contributed by atoms with Crippen LogP contribution >= 0.6 is 0 Å². The topological polar surface area (TPSA) is 103 Å². The van der Waals surface area contributed by atoms with E-state index >= 15 is 0 Å². The lowest BCUT2D eigenvalue weighted by Crippen LogP contribution is -2.47. The number of pyridine rings is 2. The van der Waals surface area contributed by atoms with Crippen LogP contribution in [0.3, 0.4) is 0 Å². The van der Waals surface area contributed by atoms with Gasteiger partial charge in [0.25, 0.3) is 0 Å². The lowest BCUT2D eigenvalue weighted by atomic mass is 9.97. The maximum absolute atomic E-state index is 12.8. The maximum atomic E-state index is 12.8. The van der Waals surface area contributed by atoms with E-state index in [9.17, 15) is 9.18 Å². The van der Waals surface area contributed by atoms with Gasteiger partial charge in [-0.3, -0.25) is 19.7 Å². The molecular weight excluding hydrogens is 437 g/mol. The van der Waals surface area contributed by atoms with E-state index in [1.165, 1.54) is 7.11 Å². The third-order valence-electron chi connectivity index (χ3n) is 7.29. The van der Waals surface area contributed by atoms with Gasteiger partial charge in [-0.05, 0) is 51.5 Å². The van der Waals surface area contributed by atoms with Crippen molar-refractivity contribution in [3.8, 4) is 0 Å². The van der Waals surface area contributed by atoms with Crippen LogP contribution in [-0.2, 0) is 4.74 Å². The molecule has 2 aromatic heterocycles. The van der Waals surface area contributed by atoms with Crippen molar-refractivity contribution in [1.29, 1.82) is 0 Å². The number of hydrogen-bond acceptors (Lipinski definition) is 9. The Morgan fingerprint density at radius 3 is 2.68 bits per heavy atom. The highest BCUT2D eigenvalue weighted by Crippen LogP contribution is 2.37. The Kier molecular flexibility index (Phi) is 6.80. The van der Waals surface area contributed by atoms with Crippen molar-refractivity contribution < 1.29 is 13.9 Å². The number of carbonyl (C=O) groups is 1. The molecule has 2 bridgehead atoms. The molecule has 10 heteroatoms. The molecule has 0 aliphatic carbocycles. The molecule has 3 aliphatic rings. The first-order chi connectivity index (χ1) is 16.5. The molecule has 184 valence electrons. The van der Waals surface area contributed by atoms with Crippen molar-refractivity contribution in [2.45, 2.75) is 75.8 Å². The molecule has 5 atom stereocenters. The fourth-order valence-electron chi connectivity index (χ4n) is 5.72. The zero-order chi connectivity index (χ0) is 23.7. The number of hydrazine groups is 1. The van der Waals surface area contributed by atoms with Crippen molar-refractivity contribution in [2.75, 3.05) is 31.0 Å². The number of anilines is 2. The molecule has 34 heavy (non-hydrogen) atoms. The van der Waals surface area contributed by atoms with Crippen LogP contribution in [0.5, 0.6) is 0 Å². The SMILES string of the molecule is COC(=O)c1cnc2cc(NC3CC(C)NN3)nc(NC3C[C@H]4CC[C@@H](C3)N4CCCF)c2c1. The number of hydrogen-bond donors (Lipinski definition) is 4. The summed E-state index contributed by atoms with van der Waals surface area (Å²) in [6, 6.07) is 5.31. The second kappa shape index (κ2) is 9.97. The van der Waals surface area contributed by atoms with E-state index in [-0.39, 0.29) is 18.9 Å². The largest absolute Gasteiger partial charge is 0.465 e. The molecule has 0 amide bonds. The second-order valence-corrected chi connectivity index (χ2v) is 9.74. The number of aromatic nitrogens is 2. The Balaban J connectivity index is 1.41. The van der Waals surface area contributed by atoms with Crippen LogP contribution in [0.25, 0.3) is 10.9 Å². The van der Waals surface area contributed by atoms with Crippen LogP contribution in [0.15, 0.2) is 18.3 Å². The van der Waals surface area contributed by atoms with Gasteiger partial charge >= 0.3 is 5.97 Å². The van der Waals surface area contributed by atoms with Gasteiger partial charge in [0.15, 0.2) is 0 Å². The highest BCUT2D eigenvalue weighted by atomic mass is 19.1. The van der Waals surface area contributed by atoms with Crippen molar-refractivity contribution in [3.05, 3.63) is 23.9 Å². The van der Waals surface area contributed by atoms with E-state index in [2.05, 4.69) is 38.3 Å². The molecule has 3 aliphatic heterocycles. The average Bonchev–Trinajstić information content (AvgIpc) is 3.35. The summed E-state index contributed by atoms with van der Waals surface area (Å²) in [6.07, 6.45) is 7.47. The fourth-order valence-corrected chi connectivity index (χ4v) is 5.72. The summed E-state index contributed by atoms with van der Waals surface area (Å²) >= 11 is 0. The lowest BCUT2D eigenvalue weighted by Gasteiger charge is -2.39. The summed E-state index contributed by atoms with van der Waals surface area (Å²) in [7, 11) is 1.37. The number of piperidine rings is 1. The quantitative estimate of drug-likeness (QED) is 0.433. The molecule has 0 radical (unpaired) electrons. The van der Waals surface area contributed by atoms with Gasteiger partial charge in [0.2, 0.25) is 0 Å². The molecule has 5 heterocycles. The smallest absolute Gasteiger partial charge is 0.339 e. The summed E-state index contributed by atoms with van der Waals surface area (Å²) < 4.78 is 17.7. The van der Waals surface area contributed by atoms with Crippen LogP contribution in [0.4, 0.5) is 16.0 Å². The average molecular weight is 472 g/mol. The zero-order valence-electron chi connectivity index (χ0n) is 19.8. The molecule has 3 fully saturated rings. The number of rotatable bonds is 8. The minimum atomic E-state index is -0.419. The second-order valence-electron chi connectivity index (χ2n) is 9.74. The number of nitrogens with zero attached hydrogens (tertiary/aromatic N) is 3. The van der Waals surface area contributed by atoms with Crippen molar-refractivity contribution in [3.63, 3.8) is 0 Å². The van der Waals surface area contributed by atoms with Gasteiger partial charge in [0.05, 0.1) is 31.0 Å². The molecule has 4 N–H and O–H groups in total. The van der Waals surface area contributed by atoms with Crippen LogP contribution in [-0.4, -0.2) is 71.5 Å². The van der Waals surface area contributed by atoms with E-state index in [1.54, 1.807) is 12.3 Å². The first kappa shape index (κ1) is 23.2. The van der Waals surface area contributed by atoms with Gasteiger partial charge in [0.1, 0.15) is 11.6 Å². The van der Waals surface area contributed by atoms with Crippen molar-refractivity contribution in [2.24, 2.45) is 0 Å². The molecule has 3 unspecified atom stereocenters. The third kappa shape index (κ3) is 4.80. The van der Waals surface area contributed by atoms with E-state index in [0.29, 0.717) is 30.1 Å². The molecule has 3 saturated heterocycles. The Morgan fingerprint density at radius 2 is 2.00 bits per heavy atom. The van der Waals surface area contributed by atoms with E-state index in [1.807, 2.05) is 6.07 Å². The van der Waals surface area contributed by atoms with Crippen LogP contribution < -0.4 is 21.5 Å². The van der Waals surface area contributed by atoms with Crippen molar-refractivity contribution in [1.82, 2.24) is 25.7 Å². The monoisotopic (exact) mass is 471 g/mol. The van der Waals surface area contributed by atoms with Crippen LogP contribution in [0.2, 0.25) is 0 Å². The highest BCUT2D eigenvalue weighted by Gasteiger charge is 2.40. The predicted octanol–water partition coefficient (Wildman–Crippen LogP) is 2.81. The van der Waals surface area contributed by atoms with Gasteiger partial charge in [-0.2, -0.15) is 0 Å². The highest BCUT2D eigenvalue weighted by molar-refractivity contribution is 5.98. The van der Waals surface area contributed by atoms with E-state index in [0.717, 1.165) is 61.2 Å². The summed E-state index contributed by atoms with van der Waals surface area (Å²) in [4.78, 5) is 24.1. The van der Waals surface area contributed by atoms with Gasteiger partial charge in [-0.25, -0.2) is 15.2 Å². The lowest BCUT2D eigenvalue weighted by molar-refractivity contribution is 0.0600. The molecule has 2 aromatic rings. The summed E-state index contributed by atoms with van der Waals surface area (Å²) in [5, 5.41) is 7.93. The normalized spacial score (nSPS) is 28.9. The van der Waals surface area contributed by atoms with Crippen LogP contribution in [0, 0.1) is 0 Å². The van der Waals surface area contributed by atoms with E-state index in [4.69, 9.17) is 9.72 Å². The number of fused-ring (bicyclic) bond motifs is 3. The van der Waals surface area contributed by atoms with Gasteiger partial charge < -0.3 is 15.4 Å². The third-order valence-corrected chi connectivity index (χ3v) is 7.29. The number of esters is 1. The molecule has 0 spiro atoms. The first-order valence-electron chi connectivity index (χ1n) is 12.3. The predicted molar refractivity (Wildman–Crippen MR) is 129 cm³/mol. The van der Waals surface area contributed by atoms with Crippen LogP contribution in [0.1, 0.15) is 55.8 Å². The number of halogens is 1. The molecule has 0 saturated carbocycles. The Hall–Kier alpha value is -2.56. The summed E-state index contributed by atoms with van der Waals surface area (Å²) in [5.41, 5.74) is 7.62. The van der Waals surface area contributed by atoms with Crippen molar-refractivity contribution >= 4 is 28.5 Å². The molecular formula is C24H34FN7O2. The minimum Gasteiger partial charge on any atom is -0.465 e. The maximum Gasteiger partial charge on any atom is 0.339 e. The molecule has 5 rings (SSSR count). The Bertz CT molecular complexity index is 1020. The van der Waals surface area contributed by atoms with Gasteiger partial charge in [-0.15, -0.1) is 0 Å². The number of carbonyl (C=O) groups excluding carboxylic acids is 1. The van der Waals surface area contributed by atoms with Gasteiger partial charge in [-0.1, -0.05) is 0 Å². The minimum absolute atomic E-state index is 0.0664. The first-order valence-corrected chi connectivity index (χ1v) is 12.3. The number of methoxy groups -OCH3 is 1. The number of ether oxygens (including phenoxy) is 1. The standard InChI is InChI=1S/C24H34FN7O2/c1-14-8-22(31-30-14)28-21-12-20-19(9-15(13-26-20)24(33)34-2)23(29-21)27-16-10-17-4-5-18(11-16)32(17)7-3-6-25/h9,12-14,16-18,22,30-31H,3-8,10-11H2,1-2H3,(H2,27,28,29)/t14?,16?,17-,18+,22?. The molecule has 0 aromatic carbocycles. The summed E-state index contributed by atoms with van der Waals surface area (Å²) in [6.45, 7) is 2.71. The molecule has 9 nitrogen and oxygen atoms in total. The zero-order valence-corrected chi connectivity index (χ0v) is 19.8. The number of alkyl halides is 1. The van der Waals surface area contributed by atoms with Gasteiger partial charge in [0, 0.05) is 48.4 Å². The number of nitrogens with one attached hydrogen (secondary N) is 4. The summed E-state index contributed by atoms with van der Waals surface area (Å²) in [5.74, 6) is 1.03. The Labute approximate surface area is 199 Å². The Morgan fingerprint density at radius 1 is 1.21 bits per heavy atom. The van der Waals surface area contributed by atoms with E-state index < -0.39 is 5.97 Å².